The van der Waals surface area contributed by atoms with Crippen molar-refractivity contribution >= 4 is 45.0 Å². The molecule has 0 N–H and O–H groups in total. The molecule has 6 nitrogen and oxygen atoms in total. The maximum Gasteiger partial charge on any atom is 0.266 e. The minimum Gasteiger partial charge on any atom is -0.484 e. The van der Waals surface area contributed by atoms with Crippen molar-refractivity contribution in [2.45, 2.75) is 26.3 Å². The first-order valence-electron chi connectivity index (χ1n) is 10.2. The average Bonchev–Trinajstić information content (AvgIpc) is 3.45. The Hall–Kier alpha value is -2.97. The molecule has 0 bridgehead atoms. The van der Waals surface area contributed by atoms with Crippen LogP contribution in [0.1, 0.15) is 18.9 Å². The molecule has 0 aliphatic carbocycles. The molecule has 4 rings (SSSR count). The molecule has 0 fully saturated rings. The third kappa shape index (κ3) is 5.83. The van der Waals surface area contributed by atoms with Gasteiger partial charge < -0.3 is 9.30 Å². The van der Waals surface area contributed by atoms with Gasteiger partial charge in [-0.3, -0.25) is 9.69 Å². The van der Waals surface area contributed by atoms with Gasteiger partial charge in [-0.25, -0.2) is 14.4 Å². The van der Waals surface area contributed by atoms with Crippen molar-refractivity contribution in [2.24, 2.45) is 0 Å². The predicted molar refractivity (Wildman–Crippen MR) is 127 cm³/mol. The molecule has 2 heterocycles. The van der Waals surface area contributed by atoms with E-state index in [2.05, 4.69) is 24.0 Å². The molecule has 0 aliphatic heterocycles. The van der Waals surface area contributed by atoms with E-state index in [-0.39, 0.29) is 30.7 Å². The summed E-state index contributed by atoms with van der Waals surface area (Å²) in [6.07, 6.45) is 7.08. The number of rotatable bonds is 9. The number of halogens is 2. The van der Waals surface area contributed by atoms with E-state index in [0.717, 1.165) is 29.6 Å². The van der Waals surface area contributed by atoms with Crippen LogP contribution in [0, 0.1) is 5.82 Å². The van der Waals surface area contributed by atoms with Crippen molar-refractivity contribution in [1.29, 1.82) is 0 Å². The Morgan fingerprint density at radius 3 is 2.75 bits per heavy atom. The summed E-state index contributed by atoms with van der Waals surface area (Å²) < 4.78 is 21.7. The van der Waals surface area contributed by atoms with Gasteiger partial charge in [-0.2, -0.15) is 0 Å². The number of nitrogens with zero attached hydrogens (tertiary/aromatic N) is 4. The van der Waals surface area contributed by atoms with Gasteiger partial charge in [0.25, 0.3) is 5.91 Å². The van der Waals surface area contributed by atoms with Gasteiger partial charge in [-0.05, 0) is 54.8 Å². The van der Waals surface area contributed by atoms with Crippen molar-refractivity contribution in [3.8, 4) is 5.75 Å². The largest absolute Gasteiger partial charge is 0.484 e. The Bertz CT molecular complexity index is 1150. The Morgan fingerprint density at radius 2 is 2.03 bits per heavy atom. The third-order valence-electron chi connectivity index (χ3n) is 4.91. The van der Waals surface area contributed by atoms with Gasteiger partial charge in [0.05, 0.1) is 16.5 Å². The number of carbonyl (C=O) groups excluding carboxylic acids is 1. The summed E-state index contributed by atoms with van der Waals surface area (Å²) >= 11 is 1.50. The first kappa shape index (κ1) is 23.7. The molecule has 0 spiro atoms. The first-order valence-corrected chi connectivity index (χ1v) is 11.0. The molecule has 0 atom stereocenters. The lowest BCUT2D eigenvalue weighted by molar-refractivity contribution is -0.120. The Morgan fingerprint density at radius 1 is 1.22 bits per heavy atom. The van der Waals surface area contributed by atoms with Crippen molar-refractivity contribution in [3.63, 3.8) is 0 Å². The highest BCUT2D eigenvalue weighted by Gasteiger charge is 2.20. The lowest BCUT2D eigenvalue weighted by atomic mass is 10.2. The minimum absolute atomic E-state index is 0. The summed E-state index contributed by atoms with van der Waals surface area (Å²) in [5.41, 5.74) is 2.12. The Balaban J connectivity index is 0.00000289. The Labute approximate surface area is 196 Å². The number of ether oxygens (including phenoxy) is 1. The standard InChI is InChI=1S/C23H23FN4O2S.ClH/c1-2-17-4-9-20-21(14-17)31-23(26-20)28(12-3-11-27-13-10-25-16-27)22(29)15-30-19-7-5-18(24)6-8-19;/h4-10,13-14,16H,2-3,11-12,15H2,1H3;1H. The number of thiazole rings is 1. The van der Waals surface area contributed by atoms with E-state index in [1.165, 1.54) is 41.2 Å². The molecule has 0 aliphatic rings. The fourth-order valence-electron chi connectivity index (χ4n) is 3.20. The van der Waals surface area contributed by atoms with Gasteiger partial charge in [0, 0.05) is 25.5 Å². The van der Waals surface area contributed by atoms with Crippen LogP contribution in [0.4, 0.5) is 9.52 Å². The normalized spacial score (nSPS) is 10.7. The second-order valence-corrected chi connectivity index (χ2v) is 8.10. The summed E-state index contributed by atoms with van der Waals surface area (Å²) in [5.74, 6) is -0.0875. The number of hydrogen-bond donors (Lipinski definition) is 0. The number of fused-ring (bicyclic) bond motifs is 1. The summed E-state index contributed by atoms with van der Waals surface area (Å²) in [4.78, 5) is 23.5. The molecule has 168 valence electrons. The maximum atomic E-state index is 13.1. The van der Waals surface area contributed by atoms with E-state index in [4.69, 9.17) is 9.72 Å². The maximum absolute atomic E-state index is 13.1. The summed E-state index contributed by atoms with van der Waals surface area (Å²) in [6, 6.07) is 11.8. The summed E-state index contributed by atoms with van der Waals surface area (Å²) in [6.45, 7) is 3.21. The molecule has 1 amide bonds. The molecule has 4 aromatic rings. The van der Waals surface area contributed by atoms with Gasteiger partial charge >= 0.3 is 0 Å². The monoisotopic (exact) mass is 474 g/mol. The van der Waals surface area contributed by atoms with E-state index < -0.39 is 0 Å². The molecule has 0 saturated heterocycles. The van der Waals surface area contributed by atoms with Crippen LogP contribution < -0.4 is 9.64 Å². The van der Waals surface area contributed by atoms with Crippen LogP contribution in [0.15, 0.2) is 61.2 Å². The van der Waals surface area contributed by atoms with E-state index in [1.807, 2.05) is 16.8 Å². The van der Waals surface area contributed by atoms with Gasteiger partial charge in [-0.1, -0.05) is 24.3 Å². The zero-order valence-electron chi connectivity index (χ0n) is 17.6. The SMILES string of the molecule is CCc1ccc2nc(N(CCCn3ccnc3)C(=O)COc3ccc(F)cc3)sc2c1.Cl. The fraction of sp³-hybridized carbons (Fsp3) is 0.261. The van der Waals surface area contributed by atoms with Crippen LogP contribution in [0.5, 0.6) is 5.75 Å². The van der Waals surface area contributed by atoms with Gasteiger partial charge in [0.15, 0.2) is 11.7 Å². The number of imidazole rings is 1. The lowest BCUT2D eigenvalue weighted by Gasteiger charge is -2.20. The number of aryl methyl sites for hydroxylation is 2. The molecular weight excluding hydrogens is 451 g/mol. The first-order chi connectivity index (χ1) is 15.1. The van der Waals surface area contributed by atoms with Crippen LogP contribution in [0.25, 0.3) is 10.2 Å². The van der Waals surface area contributed by atoms with Crippen LogP contribution in [-0.4, -0.2) is 33.6 Å². The number of carbonyl (C=O) groups is 1. The smallest absolute Gasteiger partial charge is 0.266 e. The molecule has 9 heteroatoms. The van der Waals surface area contributed by atoms with E-state index in [9.17, 15) is 9.18 Å². The second-order valence-electron chi connectivity index (χ2n) is 7.09. The quantitative estimate of drug-likeness (QED) is 0.338. The lowest BCUT2D eigenvalue weighted by Crippen LogP contribution is -2.36. The number of benzene rings is 2. The number of amides is 1. The molecule has 0 saturated carbocycles. The summed E-state index contributed by atoms with van der Waals surface area (Å²) in [5, 5.41) is 0.654. The zero-order valence-corrected chi connectivity index (χ0v) is 19.2. The molecule has 0 radical (unpaired) electrons. The molecule has 0 unspecified atom stereocenters. The number of anilines is 1. The van der Waals surface area contributed by atoms with E-state index >= 15 is 0 Å². The van der Waals surface area contributed by atoms with Crippen LogP contribution in [-0.2, 0) is 17.8 Å². The average molecular weight is 475 g/mol. The van der Waals surface area contributed by atoms with E-state index in [0.29, 0.717) is 17.4 Å². The van der Waals surface area contributed by atoms with Gasteiger partial charge in [-0.15, -0.1) is 12.4 Å². The summed E-state index contributed by atoms with van der Waals surface area (Å²) in [7, 11) is 0. The van der Waals surface area contributed by atoms with Crippen LogP contribution >= 0.6 is 23.7 Å². The highest BCUT2D eigenvalue weighted by atomic mass is 35.5. The molecule has 2 aromatic heterocycles. The van der Waals surface area contributed by atoms with Crippen LogP contribution in [0.3, 0.4) is 0 Å². The van der Waals surface area contributed by atoms with Crippen molar-refractivity contribution in [1.82, 2.24) is 14.5 Å². The van der Waals surface area contributed by atoms with Gasteiger partial charge in [0.1, 0.15) is 11.6 Å². The molecule has 2 aromatic carbocycles. The zero-order chi connectivity index (χ0) is 21.6. The molecule has 32 heavy (non-hydrogen) atoms. The fourth-order valence-corrected chi connectivity index (χ4v) is 4.28. The Kier molecular flexibility index (Phi) is 8.19. The minimum atomic E-state index is -0.347. The van der Waals surface area contributed by atoms with Crippen molar-refractivity contribution < 1.29 is 13.9 Å². The van der Waals surface area contributed by atoms with Crippen molar-refractivity contribution in [2.75, 3.05) is 18.1 Å². The van der Waals surface area contributed by atoms with Crippen molar-refractivity contribution in [3.05, 3.63) is 72.6 Å². The molecular formula is C23H24ClFN4O2S. The van der Waals surface area contributed by atoms with Gasteiger partial charge in [0.2, 0.25) is 0 Å². The number of aromatic nitrogens is 3. The highest BCUT2D eigenvalue weighted by molar-refractivity contribution is 7.22. The predicted octanol–water partition coefficient (Wildman–Crippen LogP) is 5.12. The topological polar surface area (TPSA) is 60.2 Å². The third-order valence-corrected chi connectivity index (χ3v) is 5.96. The van der Waals surface area contributed by atoms with Crippen LogP contribution in [0.2, 0.25) is 0 Å². The highest BCUT2D eigenvalue weighted by Crippen LogP contribution is 2.30. The second kappa shape index (κ2) is 11.1. The number of hydrogen-bond acceptors (Lipinski definition) is 5. The van der Waals surface area contributed by atoms with E-state index in [1.54, 1.807) is 17.4 Å².